The first-order chi connectivity index (χ1) is 12.2. The SMILES string of the molecule is CC(C)C(=O)N1CCc2ccc(S(=O)(=O)N3CC[C@H](N(C)C)C3)cc2C1. The predicted molar refractivity (Wildman–Crippen MR) is 101 cm³/mol. The molecule has 2 aliphatic heterocycles. The zero-order valence-corrected chi connectivity index (χ0v) is 16.9. The first-order valence-electron chi connectivity index (χ1n) is 9.27. The Bertz CT molecular complexity index is 789. The minimum atomic E-state index is -3.49. The van der Waals surface area contributed by atoms with Gasteiger partial charge in [0.15, 0.2) is 0 Å². The Kier molecular flexibility index (Phi) is 5.42. The molecule has 0 saturated carbocycles. The van der Waals surface area contributed by atoms with Gasteiger partial charge in [-0.2, -0.15) is 4.31 Å². The van der Waals surface area contributed by atoms with E-state index in [1.807, 2.05) is 38.9 Å². The number of fused-ring (bicyclic) bond motifs is 1. The van der Waals surface area contributed by atoms with Crippen LogP contribution in [0.2, 0.25) is 0 Å². The zero-order valence-electron chi connectivity index (χ0n) is 16.1. The summed E-state index contributed by atoms with van der Waals surface area (Å²) in [6, 6.07) is 5.67. The maximum atomic E-state index is 13.0. The lowest BCUT2D eigenvalue weighted by molar-refractivity contribution is -0.135. The molecule has 6 nitrogen and oxygen atoms in total. The van der Waals surface area contributed by atoms with Crippen LogP contribution in [0.3, 0.4) is 0 Å². The minimum Gasteiger partial charge on any atom is -0.338 e. The molecule has 0 radical (unpaired) electrons. The quantitative estimate of drug-likeness (QED) is 0.796. The fraction of sp³-hybridized carbons (Fsp3) is 0.632. The van der Waals surface area contributed by atoms with Gasteiger partial charge in [-0.25, -0.2) is 8.42 Å². The standard InChI is InChI=1S/C19H29N3O3S/c1-14(2)19(23)21-9-7-15-5-6-18(11-16(15)12-21)26(24,25)22-10-8-17(13-22)20(3)4/h5-6,11,14,17H,7-10,12-13H2,1-4H3/t17-/m0/s1. The number of likely N-dealkylation sites (N-methyl/N-ethyl adjacent to an activating group) is 1. The van der Waals surface area contributed by atoms with Crippen LogP contribution in [0.5, 0.6) is 0 Å². The number of hydrogen-bond acceptors (Lipinski definition) is 4. The lowest BCUT2D eigenvalue weighted by Crippen LogP contribution is -2.38. The van der Waals surface area contributed by atoms with Gasteiger partial charge in [-0.05, 0) is 50.2 Å². The Hall–Kier alpha value is -1.44. The van der Waals surface area contributed by atoms with E-state index in [0.29, 0.717) is 31.1 Å². The Labute approximate surface area is 156 Å². The Morgan fingerprint density at radius 3 is 2.54 bits per heavy atom. The molecule has 0 unspecified atom stereocenters. The van der Waals surface area contributed by atoms with Crippen molar-refractivity contribution in [3.05, 3.63) is 29.3 Å². The number of amides is 1. The van der Waals surface area contributed by atoms with Gasteiger partial charge in [-0.3, -0.25) is 4.79 Å². The van der Waals surface area contributed by atoms with Crippen molar-refractivity contribution < 1.29 is 13.2 Å². The molecule has 0 bridgehead atoms. The number of rotatable bonds is 4. The third-order valence-corrected chi connectivity index (χ3v) is 7.35. The molecule has 0 aromatic heterocycles. The Morgan fingerprint density at radius 2 is 1.92 bits per heavy atom. The van der Waals surface area contributed by atoms with Crippen LogP contribution in [0.25, 0.3) is 0 Å². The summed E-state index contributed by atoms with van der Waals surface area (Å²) >= 11 is 0. The van der Waals surface area contributed by atoms with Crippen LogP contribution >= 0.6 is 0 Å². The van der Waals surface area contributed by atoms with E-state index in [1.54, 1.807) is 16.4 Å². The van der Waals surface area contributed by atoms with Crippen LogP contribution < -0.4 is 0 Å². The third kappa shape index (κ3) is 3.66. The largest absolute Gasteiger partial charge is 0.338 e. The van der Waals surface area contributed by atoms with E-state index in [0.717, 1.165) is 24.0 Å². The van der Waals surface area contributed by atoms with E-state index in [1.165, 1.54) is 0 Å². The molecular weight excluding hydrogens is 350 g/mol. The second-order valence-electron chi connectivity index (χ2n) is 7.86. The maximum absolute atomic E-state index is 13.0. The molecule has 2 aliphatic rings. The van der Waals surface area contributed by atoms with Crippen LogP contribution in [-0.2, 0) is 27.8 Å². The first-order valence-corrected chi connectivity index (χ1v) is 10.7. The van der Waals surface area contributed by atoms with Gasteiger partial charge in [0.1, 0.15) is 0 Å². The van der Waals surface area contributed by atoms with Crippen LogP contribution in [0.4, 0.5) is 0 Å². The van der Waals surface area contributed by atoms with Crippen molar-refractivity contribution in [3.8, 4) is 0 Å². The summed E-state index contributed by atoms with van der Waals surface area (Å²) in [6.07, 6.45) is 1.63. The number of nitrogens with zero attached hydrogens (tertiary/aromatic N) is 3. The van der Waals surface area contributed by atoms with Crippen molar-refractivity contribution in [2.75, 3.05) is 33.7 Å². The zero-order chi connectivity index (χ0) is 19.1. The summed E-state index contributed by atoms with van der Waals surface area (Å²) in [4.78, 5) is 16.6. The van der Waals surface area contributed by atoms with Gasteiger partial charge >= 0.3 is 0 Å². The number of carbonyl (C=O) groups is 1. The number of carbonyl (C=O) groups excluding carboxylic acids is 1. The van der Waals surface area contributed by atoms with E-state index in [9.17, 15) is 13.2 Å². The lowest BCUT2D eigenvalue weighted by Gasteiger charge is -2.30. The molecule has 3 rings (SSSR count). The van der Waals surface area contributed by atoms with Crippen LogP contribution in [0.1, 0.15) is 31.4 Å². The predicted octanol–water partition coefficient (Wildman–Crippen LogP) is 1.55. The highest BCUT2D eigenvalue weighted by atomic mass is 32.2. The highest BCUT2D eigenvalue weighted by molar-refractivity contribution is 7.89. The van der Waals surface area contributed by atoms with Crippen molar-refractivity contribution in [3.63, 3.8) is 0 Å². The maximum Gasteiger partial charge on any atom is 0.243 e. The summed E-state index contributed by atoms with van der Waals surface area (Å²) in [5.41, 5.74) is 2.10. The highest BCUT2D eigenvalue weighted by Gasteiger charge is 2.34. The second-order valence-corrected chi connectivity index (χ2v) is 9.80. The molecule has 1 amide bonds. The molecule has 1 saturated heterocycles. The number of benzene rings is 1. The van der Waals surface area contributed by atoms with Crippen LogP contribution in [-0.4, -0.2) is 68.2 Å². The van der Waals surface area contributed by atoms with Crippen molar-refractivity contribution >= 4 is 15.9 Å². The molecule has 0 spiro atoms. The van der Waals surface area contributed by atoms with Crippen molar-refractivity contribution in [2.45, 2.75) is 44.2 Å². The fourth-order valence-corrected chi connectivity index (χ4v) is 5.29. The Morgan fingerprint density at radius 1 is 1.19 bits per heavy atom. The average molecular weight is 380 g/mol. The number of hydrogen-bond donors (Lipinski definition) is 0. The third-order valence-electron chi connectivity index (χ3n) is 5.49. The first kappa shape index (κ1) is 19.3. The number of sulfonamides is 1. The molecule has 0 N–H and O–H groups in total. The van der Waals surface area contributed by atoms with Crippen molar-refractivity contribution in [1.29, 1.82) is 0 Å². The smallest absolute Gasteiger partial charge is 0.243 e. The topological polar surface area (TPSA) is 60.9 Å². The van der Waals surface area contributed by atoms with Crippen LogP contribution in [0, 0.1) is 5.92 Å². The molecule has 1 atom stereocenters. The van der Waals surface area contributed by atoms with E-state index in [-0.39, 0.29) is 17.9 Å². The fourth-order valence-electron chi connectivity index (χ4n) is 3.75. The molecule has 26 heavy (non-hydrogen) atoms. The van der Waals surface area contributed by atoms with Gasteiger partial charge in [0, 0.05) is 38.1 Å². The molecule has 0 aliphatic carbocycles. The van der Waals surface area contributed by atoms with Crippen LogP contribution in [0.15, 0.2) is 23.1 Å². The summed E-state index contributed by atoms with van der Waals surface area (Å²) < 4.78 is 27.7. The van der Waals surface area contributed by atoms with Gasteiger partial charge in [0.2, 0.25) is 15.9 Å². The summed E-state index contributed by atoms with van der Waals surface area (Å²) in [5, 5.41) is 0. The monoisotopic (exact) mass is 379 g/mol. The molecule has 1 aromatic rings. The molecule has 7 heteroatoms. The average Bonchev–Trinajstić information content (AvgIpc) is 3.11. The van der Waals surface area contributed by atoms with Gasteiger partial charge < -0.3 is 9.80 Å². The van der Waals surface area contributed by atoms with E-state index in [4.69, 9.17) is 0 Å². The molecular formula is C19H29N3O3S. The lowest BCUT2D eigenvalue weighted by atomic mass is 9.99. The molecule has 1 fully saturated rings. The van der Waals surface area contributed by atoms with E-state index in [2.05, 4.69) is 4.90 Å². The van der Waals surface area contributed by atoms with Gasteiger partial charge in [0.25, 0.3) is 0 Å². The molecule has 1 aromatic carbocycles. The summed E-state index contributed by atoms with van der Waals surface area (Å²) in [5.74, 6) is 0.0771. The highest BCUT2D eigenvalue weighted by Crippen LogP contribution is 2.27. The summed E-state index contributed by atoms with van der Waals surface area (Å²) in [7, 11) is 0.483. The van der Waals surface area contributed by atoms with E-state index < -0.39 is 10.0 Å². The Balaban J connectivity index is 1.82. The van der Waals surface area contributed by atoms with Gasteiger partial charge in [0.05, 0.1) is 4.90 Å². The van der Waals surface area contributed by atoms with Crippen molar-refractivity contribution in [1.82, 2.24) is 14.1 Å². The second kappa shape index (κ2) is 7.29. The van der Waals surface area contributed by atoms with Crippen molar-refractivity contribution in [2.24, 2.45) is 5.92 Å². The van der Waals surface area contributed by atoms with Gasteiger partial charge in [-0.15, -0.1) is 0 Å². The van der Waals surface area contributed by atoms with E-state index >= 15 is 0 Å². The minimum absolute atomic E-state index is 0.0453. The molecule has 144 valence electrons. The summed E-state index contributed by atoms with van der Waals surface area (Å²) in [6.45, 7) is 6.08. The normalized spacial score (nSPS) is 21.5. The molecule has 2 heterocycles. The van der Waals surface area contributed by atoms with Gasteiger partial charge in [-0.1, -0.05) is 19.9 Å².